The number of amides is 1. The predicted octanol–water partition coefficient (Wildman–Crippen LogP) is 2.01. The highest BCUT2D eigenvalue weighted by atomic mass is 35.5. The first-order valence-corrected chi connectivity index (χ1v) is 9.44. The monoisotopic (exact) mass is 383 g/mol. The van der Waals surface area contributed by atoms with Gasteiger partial charge in [-0.2, -0.15) is 0 Å². The zero-order valence-electron chi connectivity index (χ0n) is 14.5. The third-order valence-electron chi connectivity index (χ3n) is 3.39. The van der Waals surface area contributed by atoms with E-state index in [-0.39, 0.29) is 5.91 Å². The molecule has 2 N–H and O–H groups in total. The fourth-order valence-corrected chi connectivity index (χ4v) is 3.50. The third-order valence-corrected chi connectivity index (χ3v) is 4.63. The third kappa shape index (κ3) is 7.34. The Morgan fingerprint density at radius 2 is 1.84 bits per heavy atom. The van der Waals surface area contributed by atoms with Gasteiger partial charge in [-0.3, -0.25) is 4.79 Å². The van der Waals surface area contributed by atoms with E-state index in [1.165, 1.54) is 4.88 Å². The number of benzene rings is 1. The maximum atomic E-state index is 12.0. The van der Waals surface area contributed by atoms with Crippen molar-refractivity contribution < 1.29 is 19.2 Å². The van der Waals surface area contributed by atoms with Crippen LogP contribution in [0.5, 0.6) is 11.5 Å². The maximum Gasteiger partial charge on any atom is 0.275 e. The van der Waals surface area contributed by atoms with Crippen molar-refractivity contribution in [2.24, 2.45) is 0 Å². The number of carbonyl (C=O) groups excluding carboxylic acids is 1. The molecular formula is C18H24ClN2O3S+. The normalized spacial score (nSPS) is 11.8. The molecule has 0 fully saturated rings. The Bertz CT molecular complexity index is 661. The van der Waals surface area contributed by atoms with Crippen LogP contribution in [0.3, 0.4) is 0 Å². The number of halogens is 1. The second-order valence-corrected chi connectivity index (χ2v) is 7.42. The average Bonchev–Trinajstić information content (AvgIpc) is 2.98. The number of nitrogens with one attached hydrogen (secondary N) is 2. The molecule has 0 saturated heterocycles. The van der Waals surface area contributed by atoms with Crippen LogP contribution in [-0.2, 0) is 11.3 Å². The lowest BCUT2D eigenvalue weighted by atomic mass is 10.3. The molecule has 0 spiro atoms. The minimum Gasteiger partial charge on any atom is -0.494 e. The summed E-state index contributed by atoms with van der Waals surface area (Å²) in [5.41, 5.74) is 0. The second-order valence-electron chi connectivity index (χ2n) is 5.62. The van der Waals surface area contributed by atoms with Gasteiger partial charge in [0.25, 0.3) is 5.91 Å². The summed E-state index contributed by atoms with van der Waals surface area (Å²) >= 11 is 7.47. The molecule has 0 radical (unpaired) electrons. The number of rotatable bonds is 10. The predicted molar refractivity (Wildman–Crippen MR) is 101 cm³/mol. The van der Waals surface area contributed by atoms with Crippen molar-refractivity contribution >= 4 is 28.8 Å². The standard InChI is InChI=1S/C18H23ClN2O3S/c1-3-23-14-4-6-15(7-5-14)24-11-10-20-18(22)13-21(2)12-16-8-9-17(19)25-16/h4-9H,3,10-13H2,1-2H3,(H,20,22)/p+1. The fraction of sp³-hybridized carbons (Fsp3) is 0.389. The Morgan fingerprint density at radius 3 is 2.44 bits per heavy atom. The number of likely N-dealkylation sites (N-methyl/N-ethyl adjacent to an activating group) is 1. The molecule has 1 amide bonds. The number of hydrogen-bond acceptors (Lipinski definition) is 4. The van der Waals surface area contributed by atoms with E-state index in [4.69, 9.17) is 21.1 Å². The Labute approximate surface area is 157 Å². The highest BCUT2D eigenvalue weighted by Crippen LogP contribution is 2.20. The van der Waals surface area contributed by atoms with E-state index in [1.807, 2.05) is 50.4 Å². The van der Waals surface area contributed by atoms with E-state index in [2.05, 4.69) is 5.32 Å². The van der Waals surface area contributed by atoms with E-state index < -0.39 is 0 Å². The summed E-state index contributed by atoms with van der Waals surface area (Å²) in [6, 6.07) is 11.3. The number of hydrogen-bond donors (Lipinski definition) is 2. The summed E-state index contributed by atoms with van der Waals surface area (Å²) in [5, 5.41) is 2.87. The fourth-order valence-electron chi connectivity index (χ4n) is 2.30. The van der Waals surface area contributed by atoms with Crippen molar-refractivity contribution in [2.75, 3.05) is 33.4 Å². The number of carbonyl (C=O) groups is 1. The summed E-state index contributed by atoms with van der Waals surface area (Å²) in [7, 11) is 1.99. The quantitative estimate of drug-likeness (QED) is 0.617. The van der Waals surface area contributed by atoms with E-state index in [0.717, 1.165) is 27.3 Å². The number of ether oxygens (including phenoxy) is 2. The van der Waals surface area contributed by atoms with E-state index in [1.54, 1.807) is 11.3 Å². The molecule has 0 aliphatic heterocycles. The van der Waals surface area contributed by atoms with Crippen molar-refractivity contribution in [3.8, 4) is 11.5 Å². The zero-order valence-corrected chi connectivity index (χ0v) is 16.1. The summed E-state index contributed by atoms with van der Waals surface area (Å²) in [4.78, 5) is 14.2. The van der Waals surface area contributed by atoms with Gasteiger partial charge in [0.15, 0.2) is 6.54 Å². The first kappa shape index (κ1) is 19.6. The minimum atomic E-state index is 0.00967. The summed E-state index contributed by atoms with van der Waals surface area (Å²) in [5.74, 6) is 1.59. The van der Waals surface area contributed by atoms with E-state index >= 15 is 0 Å². The van der Waals surface area contributed by atoms with Gasteiger partial charge < -0.3 is 19.7 Å². The molecule has 136 valence electrons. The van der Waals surface area contributed by atoms with Gasteiger partial charge >= 0.3 is 0 Å². The minimum absolute atomic E-state index is 0.00967. The molecule has 1 heterocycles. The van der Waals surface area contributed by atoms with Gasteiger partial charge in [-0.05, 0) is 43.3 Å². The Kier molecular flexibility index (Phi) is 8.04. The molecule has 1 aromatic carbocycles. The van der Waals surface area contributed by atoms with Crippen LogP contribution in [-0.4, -0.2) is 39.3 Å². The van der Waals surface area contributed by atoms with Crippen molar-refractivity contribution in [1.29, 1.82) is 0 Å². The van der Waals surface area contributed by atoms with Crippen molar-refractivity contribution in [1.82, 2.24) is 5.32 Å². The van der Waals surface area contributed by atoms with Gasteiger partial charge in [0, 0.05) is 0 Å². The highest BCUT2D eigenvalue weighted by molar-refractivity contribution is 7.16. The van der Waals surface area contributed by atoms with Gasteiger partial charge in [0.05, 0.1) is 29.4 Å². The van der Waals surface area contributed by atoms with Gasteiger partial charge in [-0.15, -0.1) is 11.3 Å². The average molecular weight is 384 g/mol. The van der Waals surface area contributed by atoms with Crippen LogP contribution in [0.4, 0.5) is 0 Å². The van der Waals surface area contributed by atoms with E-state index in [9.17, 15) is 4.79 Å². The first-order chi connectivity index (χ1) is 12.1. The largest absolute Gasteiger partial charge is 0.494 e. The van der Waals surface area contributed by atoms with Gasteiger partial charge in [0.2, 0.25) is 0 Å². The Morgan fingerprint density at radius 1 is 1.16 bits per heavy atom. The van der Waals surface area contributed by atoms with Gasteiger partial charge in [-0.25, -0.2) is 0 Å². The maximum absolute atomic E-state index is 12.0. The van der Waals surface area contributed by atoms with Crippen LogP contribution in [0, 0.1) is 0 Å². The van der Waals surface area contributed by atoms with Crippen LogP contribution >= 0.6 is 22.9 Å². The molecule has 1 atom stereocenters. The Hall–Kier alpha value is -1.76. The molecule has 1 unspecified atom stereocenters. The molecule has 25 heavy (non-hydrogen) atoms. The van der Waals surface area contributed by atoms with E-state index in [0.29, 0.717) is 26.3 Å². The molecule has 0 bridgehead atoms. The molecule has 1 aromatic heterocycles. The van der Waals surface area contributed by atoms with Crippen LogP contribution in [0.25, 0.3) is 0 Å². The Balaban J connectivity index is 1.61. The molecule has 2 rings (SSSR count). The van der Waals surface area contributed by atoms with Crippen molar-refractivity contribution in [3.05, 3.63) is 45.6 Å². The SMILES string of the molecule is CCOc1ccc(OCCNC(=O)C[NH+](C)Cc2ccc(Cl)s2)cc1. The zero-order chi connectivity index (χ0) is 18.1. The van der Waals surface area contributed by atoms with Crippen LogP contribution in [0.1, 0.15) is 11.8 Å². The number of thiophene rings is 1. The topological polar surface area (TPSA) is 52.0 Å². The molecule has 0 saturated carbocycles. The second kappa shape index (κ2) is 10.3. The first-order valence-electron chi connectivity index (χ1n) is 8.24. The molecule has 7 heteroatoms. The number of quaternary nitrogens is 1. The molecule has 5 nitrogen and oxygen atoms in total. The van der Waals surface area contributed by atoms with Crippen LogP contribution in [0.2, 0.25) is 4.34 Å². The smallest absolute Gasteiger partial charge is 0.275 e. The summed E-state index contributed by atoms with van der Waals surface area (Å²) in [6.45, 7) is 4.69. The highest BCUT2D eigenvalue weighted by Gasteiger charge is 2.11. The van der Waals surface area contributed by atoms with Crippen molar-refractivity contribution in [2.45, 2.75) is 13.5 Å². The molecule has 2 aromatic rings. The lowest BCUT2D eigenvalue weighted by molar-refractivity contribution is -0.885. The van der Waals surface area contributed by atoms with Crippen LogP contribution < -0.4 is 19.7 Å². The van der Waals surface area contributed by atoms with Gasteiger partial charge in [-0.1, -0.05) is 11.6 Å². The summed E-state index contributed by atoms with van der Waals surface area (Å²) in [6.07, 6.45) is 0. The molecular weight excluding hydrogens is 360 g/mol. The van der Waals surface area contributed by atoms with Gasteiger partial charge in [0.1, 0.15) is 24.7 Å². The van der Waals surface area contributed by atoms with Crippen LogP contribution in [0.15, 0.2) is 36.4 Å². The molecule has 0 aliphatic carbocycles. The summed E-state index contributed by atoms with van der Waals surface area (Å²) < 4.78 is 11.8. The lowest BCUT2D eigenvalue weighted by Crippen LogP contribution is -3.08. The molecule has 0 aliphatic rings. The lowest BCUT2D eigenvalue weighted by Gasteiger charge is -2.13. The van der Waals surface area contributed by atoms with Crippen molar-refractivity contribution in [3.63, 3.8) is 0 Å².